The van der Waals surface area contributed by atoms with Crippen LogP contribution >= 0.6 is 0 Å². The first-order valence-electron chi connectivity index (χ1n) is 7.70. The van der Waals surface area contributed by atoms with Crippen LogP contribution in [0.5, 0.6) is 0 Å². The second kappa shape index (κ2) is 9.61. The second-order valence-electron chi connectivity index (χ2n) is 5.09. The molecule has 1 aromatic carbocycles. The number of rotatable bonds is 8. The van der Waals surface area contributed by atoms with Gasteiger partial charge in [0.2, 0.25) is 0 Å². The van der Waals surface area contributed by atoms with Crippen molar-refractivity contribution in [3.05, 3.63) is 29.8 Å². The fraction of sp³-hybridized carbons (Fsp3) is 0.471. The number of hydrogen-bond acceptors (Lipinski definition) is 5. The fourth-order valence-corrected chi connectivity index (χ4v) is 2.04. The number of nitrogens with one attached hydrogen (secondary N) is 1. The number of ketones is 1. The van der Waals surface area contributed by atoms with E-state index in [4.69, 9.17) is 4.74 Å². The summed E-state index contributed by atoms with van der Waals surface area (Å²) >= 11 is 0. The SMILES string of the molecule is CCCC(=O)C(CCC)OC(=O)Nc1ccc(C(=O)OC)cc1. The van der Waals surface area contributed by atoms with Gasteiger partial charge in [0.25, 0.3) is 0 Å². The Morgan fingerprint density at radius 2 is 1.74 bits per heavy atom. The molecule has 1 amide bonds. The zero-order chi connectivity index (χ0) is 17.2. The molecule has 6 nitrogen and oxygen atoms in total. The summed E-state index contributed by atoms with van der Waals surface area (Å²) in [5.74, 6) is -0.516. The van der Waals surface area contributed by atoms with Crippen molar-refractivity contribution in [2.24, 2.45) is 0 Å². The Kier molecular flexibility index (Phi) is 7.80. The summed E-state index contributed by atoms with van der Waals surface area (Å²) in [4.78, 5) is 35.2. The van der Waals surface area contributed by atoms with E-state index in [-0.39, 0.29) is 5.78 Å². The van der Waals surface area contributed by atoms with Crippen LogP contribution in [-0.4, -0.2) is 31.1 Å². The third-order valence-corrected chi connectivity index (χ3v) is 3.21. The van der Waals surface area contributed by atoms with Crippen molar-refractivity contribution in [1.82, 2.24) is 0 Å². The molecule has 0 aromatic heterocycles. The first-order chi connectivity index (χ1) is 11.0. The summed E-state index contributed by atoms with van der Waals surface area (Å²) in [5.41, 5.74) is 0.856. The van der Waals surface area contributed by atoms with Crippen LogP contribution in [0.1, 0.15) is 49.9 Å². The topological polar surface area (TPSA) is 81.7 Å². The molecule has 0 bridgehead atoms. The molecule has 1 unspecified atom stereocenters. The van der Waals surface area contributed by atoms with Gasteiger partial charge in [0.1, 0.15) is 0 Å². The lowest BCUT2D eigenvalue weighted by atomic mass is 10.1. The molecule has 6 heteroatoms. The number of methoxy groups -OCH3 is 1. The van der Waals surface area contributed by atoms with Gasteiger partial charge in [-0.2, -0.15) is 0 Å². The molecular weight excluding hydrogens is 298 g/mol. The van der Waals surface area contributed by atoms with Crippen molar-refractivity contribution in [2.75, 3.05) is 12.4 Å². The van der Waals surface area contributed by atoms with Gasteiger partial charge >= 0.3 is 12.1 Å². The number of hydrogen-bond donors (Lipinski definition) is 1. The molecule has 0 aliphatic carbocycles. The number of benzene rings is 1. The van der Waals surface area contributed by atoms with Crippen LogP contribution in [-0.2, 0) is 14.3 Å². The normalized spacial score (nSPS) is 11.4. The molecule has 0 spiro atoms. The first-order valence-corrected chi connectivity index (χ1v) is 7.70. The first kappa shape index (κ1) is 18.7. The molecule has 0 saturated heterocycles. The van der Waals surface area contributed by atoms with Crippen LogP contribution in [0.2, 0.25) is 0 Å². The summed E-state index contributed by atoms with van der Waals surface area (Å²) in [6.45, 7) is 3.84. The Labute approximate surface area is 136 Å². The summed E-state index contributed by atoms with van der Waals surface area (Å²) in [6.07, 6.45) is 0.979. The van der Waals surface area contributed by atoms with Crippen LogP contribution in [0.25, 0.3) is 0 Å². The molecule has 0 radical (unpaired) electrons. The maximum absolute atomic E-state index is 11.9. The monoisotopic (exact) mass is 321 g/mol. The van der Waals surface area contributed by atoms with Crippen molar-refractivity contribution in [2.45, 2.75) is 45.6 Å². The molecule has 0 aliphatic rings. The Hall–Kier alpha value is -2.37. The number of carbonyl (C=O) groups is 3. The standard InChI is InChI=1S/C17H23NO5/c1-4-6-14(19)15(7-5-2)23-17(21)18-13-10-8-12(9-11-13)16(20)22-3/h8-11,15H,4-7H2,1-3H3,(H,18,21). The van der Waals surface area contributed by atoms with Gasteiger partial charge in [-0.3, -0.25) is 10.1 Å². The Morgan fingerprint density at radius 1 is 1.09 bits per heavy atom. The largest absolute Gasteiger partial charge is 0.465 e. The van der Waals surface area contributed by atoms with Crippen molar-refractivity contribution in [1.29, 1.82) is 0 Å². The molecular formula is C17H23NO5. The van der Waals surface area contributed by atoms with Crippen molar-refractivity contribution < 1.29 is 23.9 Å². The van der Waals surface area contributed by atoms with E-state index in [1.807, 2.05) is 13.8 Å². The molecule has 0 saturated carbocycles. The minimum Gasteiger partial charge on any atom is -0.465 e. The number of carbonyl (C=O) groups excluding carboxylic acids is 3. The van der Waals surface area contributed by atoms with Gasteiger partial charge in [0.05, 0.1) is 12.7 Å². The summed E-state index contributed by atoms with van der Waals surface area (Å²) in [7, 11) is 1.30. The minimum absolute atomic E-state index is 0.0643. The van der Waals surface area contributed by atoms with E-state index in [1.165, 1.54) is 19.2 Å². The average molecular weight is 321 g/mol. The van der Waals surface area contributed by atoms with Gasteiger partial charge in [-0.15, -0.1) is 0 Å². The lowest BCUT2D eigenvalue weighted by Gasteiger charge is -2.16. The third-order valence-electron chi connectivity index (χ3n) is 3.21. The Morgan fingerprint density at radius 3 is 2.26 bits per heavy atom. The zero-order valence-electron chi connectivity index (χ0n) is 13.8. The number of amides is 1. The highest BCUT2D eigenvalue weighted by atomic mass is 16.6. The van der Waals surface area contributed by atoms with Crippen LogP contribution in [0.3, 0.4) is 0 Å². The smallest absolute Gasteiger partial charge is 0.412 e. The average Bonchev–Trinajstić information content (AvgIpc) is 2.54. The summed E-state index contributed by atoms with van der Waals surface area (Å²) in [6, 6.07) is 6.20. The highest BCUT2D eigenvalue weighted by Gasteiger charge is 2.21. The number of esters is 1. The van der Waals surface area contributed by atoms with Crippen molar-refractivity contribution in [3.63, 3.8) is 0 Å². The maximum atomic E-state index is 11.9. The lowest BCUT2D eigenvalue weighted by molar-refractivity contribution is -0.127. The van der Waals surface area contributed by atoms with Crippen LogP contribution in [0, 0.1) is 0 Å². The molecule has 0 heterocycles. The predicted molar refractivity (Wildman–Crippen MR) is 86.5 cm³/mol. The van der Waals surface area contributed by atoms with Gasteiger partial charge in [0.15, 0.2) is 11.9 Å². The van der Waals surface area contributed by atoms with E-state index in [0.717, 1.165) is 12.8 Å². The van der Waals surface area contributed by atoms with E-state index < -0.39 is 18.2 Å². The van der Waals surface area contributed by atoms with Crippen molar-refractivity contribution >= 4 is 23.5 Å². The molecule has 1 rings (SSSR count). The fourth-order valence-electron chi connectivity index (χ4n) is 2.04. The highest BCUT2D eigenvalue weighted by Crippen LogP contribution is 2.13. The molecule has 1 N–H and O–H groups in total. The Balaban J connectivity index is 2.63. The van der Waals surface area contributed by atoms with Gasteiger partial charge in [-0.05, 0) is 37.1 Å². The van der Waals surface area contributed by atoms with Gasteiger partial charge in [-0.1, -0.05) is 20.3 Å². The molecule has 0 aliphatic heterocycles. The van der Waals surface area contributed by atoms with Gasteiger partial charge in [-0.25, -0.2) is 9.59 Å². The van der Waals surface area contributed by atoms with Gasteiger partial charge in [0, 0.05) is 12.1 Å². The highest BCUT2D eigenvalue weighted by molar-refractivity contribution is 5.92. The molecule has 0 fully saturated rings. The van der Waals surface area contributed by atoms with E-state index >= 15 is 0 Å². The summed E-state index contributed by atoms with van der Waals surface area (Å²) < 4.78 is 9.81. The minimum atomic E-state index is -0.714. The van der Waals surface area contributed by atoms with E-state index in [0.29, 0.717) is 24.1 Å². The van der Waals surface area contributed by atoms with E-state index in [1.54, 1.807) is 12.1 Å². The quantitative estimate of drug-likeness (QED) is 0.740. The molecule has 1 atom stereocenters. The van der Waals surface area contributed by atoms with Crippen LogP contribution in [0.4, 0.5) is 10.5 Å². The van der Waals surface area contributed by atoms with E-state index in [2.05, 4.69) is 10.1 Å². The maximum Gasteiger partial charge on any atom is 0.412 e. The second-order valence-corrected chi connectivity index (χ2v) is 5.09. The Bertz CT molecular complexity index is 538. The number of anilines is 1. The number of Topliss-reactive ketones (excluding diaryl/α,β-unsaturated/α-hetero) is 1. The predicted octanol–water partition coefficient (Wildman–Crippen LogP) is 3.56. The molecule has 1 aromatic rings. The molecule has 126 valence electrons. The third kappa shape index (κ3) is 6.10. The molecule has 23 heavy (non-hydrogen) atoms. The van der Waals surface area contributed by atoms with Gasteiger partial charge < -0.3 is 9.47 Å². The number of ether oxygens (including phenoxy) is 2. The van der Waals surface area contributed by atoms with Crippen molar-refractivity contribution in [3.8, 4) is 0 Å². The van der Waals surface area contributed by atoms with Crippen LogP contribution in [0.15, 0.2) is 24.3 Å². The van der Waals surface area contributed by atoms with E-state index in [9.17, 15) is 14.4 Å². The summed E-state index contributed by atoms with van der Waals surface area (Å²) in [5, 5.41) is 2.55. The van der Waals surface area contributed by atoms with Crippen LogP contribution < -0.4 is 5.32 Å². The lowest BCUT2D eigenvalue weighted by Crippen LogP contribution is -2.29. The zero-order valence-corrected chi connectivity index (χ0v) is 13.8.